The summed E-state index contributed by atoms with van der Waals surface area (Å²) in [6.07, 6.45) is 6.46. The molecule has 316 valence electrons. The Bertz CT molecular complexity index is 4300. The average molecular weight is 868 g/mol. The van der Waals surface area contributed by atoms with Crippen molar-refractivity contribution in [3.8, 4) is 51.5 Å². The van der Waals surface area contributed by atoms with E-state index in [1.54, 1.807) is 0 Å². The second kappa shape index (κ2) is 14.6. The Morgan fingerprint density at radius 1 is 0.426 bits per heavy atom. The highest BCUT2D eigenvalue weighted by Crippen LogP contribution is 2.44. The van der Waals surface area contributed by atoms with Crippen molar-refractivity contribution in [1.29, 1.82) is 10.5 Å². The van der Waals surface area contributed by atoms with Crippen molar-refractivity contribution in [3.05, 3.63) is 217 Å². The summed E-state index contributed by atoms with van der Waals surface area (Å²) in [5.74, 6) is 0. The van der Waals surface area contributed by atoms with Gasteiger partial charge in [0, 0.05) is 49.3 Å². The summed E-state index contributed by atoms with van der Waals surface area (Å²) in [5.41, 5.74) is 16.7. The number of para-hydroxylation sites is 2. The van der Waals surface area contributed by atoms with E-state index in [9.17, 15) is 10.5 Å². The van der Waals surface area contributed by atoms with Crippen molar-refractivity contribution in [2.45, 2.75) is 12.8 Å². The van der Waals surface area contributed by atoms with E-state index in [4.69, 9.17) is 4.42 Å². The zero-order chi connectivity index (χ0) is 45.0. The quantitative estimate of drug-likeness (QED) is 0.173. The molecule has 0 aliphatic heterocycles. The standard InChI is InChI=1S/C62H37N5O/c63-36-42-34-59(43(37-64)33-58(42)66-54-27-23-40(38-13-3-1-4-14-38)31-49(54)50-32-41(24-28-55(50)66)39-15-5-2-6-16-39)67-56-29-25-44(65-52-20-10-7-17-45(52)46-18-8-11-21-53(46)65)35-51(56)61-57(67)30-26-48-47-19-9-12-22-60(47)68-62(48)61/h1-10,12-20,22-35H,11,21H2. The summed E-state index contributed by atoms with van der Waals surface area (Å²) in [6.45, 7) is 0. The Labute approximate surface area is 390 Å². The molecule has 1 aliphatic carbocycles. The fraction of sp³-hybridized carbons (Fsp3) is 0.0323. The van der Waals surface area contributed by atoms with Gasteiger partial charge in [-0.15, -0.1) is 0 Å². The van der Waals surface area contributed by atoms with Crippen LogP contribution in [0.25, 0.3) is 122 Å². The van der Waals surface area contributed by atoms with Crippen molar-refractivity contribution >= 4 is 82.5 Å². The predicted molar refractivity (Wildman–Crippen MR) is 277 cm³/mol. The Morgan fingerprint density at radius 2 is 0.985 bits per heavy atom. The molecular weight excluding hydrogens is 831 g/mol. The Kier molecular flexibility index (Phi) is 8.14. The van der Waals surface area contributed by atoms with Crippen LogP contribution in [-0.4, -0.2) is 13.7 Å². The Hall–Kier alpha value is -9.36. The van der Waals surface area contributed by atoms with Crippen LogP contribution in [0, 0.1) is 22.7 Å². The highest BCUT2D eigenvalue weighted by atomic mass is 16.3. The Balaban J connectivity index is 1.03. The normalized spacial score (nSPS) is 12.5. The van der Waals surface area contributed by atoms with Gasteiger partial charge < -0.3 is 18.1 Å². The van der Waals surface area contributed by atoms with Gasteiger partial charge in [-0.05, 0) is 114 Å². The van der Waals surface area contributed by atoms with E-state index < -0.39 is 0 Å². The van der Waals surface area contributed by atoms with Crippen molar-refractivity contribution in [2.24, 2.45) is 0 Å². The number of allylic oxidation sites excluding steroid dienone is 1. The van der Waals surface area contributed by atoms with Crippen LogP contribution in [0.15, 0.2) is 199 Å². The molecule has 0 fully saturated rings. The predicted octanol–water partition coefficient (Wildman–Crippen LogP) is 15.8. The highest BCUT2D eigenvalue weighted by molar-refractivity contribution is 6.24. The Morgan fingerprint density at radius 3 is 1.66 bits per heavy atom. The summed E-state index contributed by atoms with van der Waals surface area (Å²) in [5, 5.41) is 29.9. The molecule has 0 saturated carbocycles. The maximum absolute atomic E-state index is 11.3. The number of fused-ring (bicyclic) bond motifs is 13. The first kappa shape index (κ1) is 38.0. The van der Waals surface area contributed by atoms with Crippen molar-refractivity contribution < 1.29 is 4.42 Å². The fourth-order valence-corrected chi connectivity index (χ4v) is 11.2. The average Bonchev–Trinajstić information content (AvgIpc) is 4.14. The summed E-state index contributed by atoms with van der Waals surface area (Å²) in [4.78, 5) is 0. The smallest absolute Gasteiger partial charge is 0.145 e. The molecular formula is C62H37N5O. The van der Waals surface area contributed by atoms with E-state index in [2.05, 4.69) is 184 Å². The monoisotopic (exact) mass is 867 g/mol. The van der Waals surface area contributed by atoms with Gasteiger partial charge in [-0.2, -0.15) is 10.5 Å². The third-order valence-corrected chi connectivity index (χ3v) is 14.2. The molecule has 14 rings (SSSR count). The van der Waals surface area contributed by atoms with Crippen LogP contribution in [0.4, 0.5) is 0 Å². The number of aromatic nitrogens is 3. The first-order valence-electron chi connectivity index (χ1n) is 23.0. The van der Waals surface area contributed by atoms with Crippen LogP contribution in [0.5, 0.6) is 0 Å². The number of nitriles is 2. The van der Waals surface area contributed by atoms with E-state index in [0.717, 1.165) is 106 Å². The lowest BCUT2D eigenvalue weighted by molar-refractivity contribution is 0.673. The first-order chi connectivity index (χ1) is 33.6. The molecule has 0 unspecified atom stereocenters. The largest absolute Gasteiger partial charge is 0.455 e. The zero-order valence-electron chi connectivity index (χ0n) is 36.6. The van der Waals surface area contributed by atoms with Crippen molar-refractivity contribution in [2.75, 3.05) is 0 Å². The summed E-state index contributed by atoms with van der Waals surface area (Å²) in [7, 11) is 0. The van der Waals surface area contributed by atoms with Gasteiger partial charge >= 0.3 is 0 Å². The first-order valence-corrected chi connectivity index (χ1v) is 23.0. The molecule has 0 bridgehead atoms. The third-order valence-electron chi connectivity index (χ3n) is 14.2. The second-order valence-electron chi connectivity index (χ2n) is 17.8. The molecule has 4 heterocycles. The molecule has 0 saturated heterocycles. The molecule has 0 atom stereocenters. The lowest BCUT2D eigenvalue weighted by atomic mass is 10.0. The molecule has 6 heteroatoms. The molecule has 13 aromatic rings. The molecule has 0 radical (unpaired) electrons. The number of benzene rings is 9. The molecule has 0 N–H and O–H groups in total. The molecule has 0 amide bonds. The molecule has 0 spiro atoms. The van der Waals surface area contributed by atoms with Crippen molar-refractivity contribution in [1.82, 2.24) is 13.7 Å². The second-order valence-corrected chi connectivity index (χ2v) is 17.8. The van der Waals surface area contributed by atoms with E-state index in [-0.39, 0.29) is 0 Å². The topological polar surface area (TPSA) is 75.5 Å². The van der Waals surface area contributed by atoms with Crippen LogP contribution in [0.2, 0.25) is 0 Å². The van der Waals surface area contributed by atoms with Gasteiger partial charge in [0.05, 0.1) is 55.5 Å². The maximum Gasteiger partial charge on any atom is 0.145 e. The molecule has 9 aromatic carbocycles. The van der Waals surface area contributed by atoms with Gasteiger partial charge in [-0.3, -0.25) is 0 Å². The molecule has 4 aromatic heterocycles. The third kappa shape index (κ3) is 5.43. The fourth-order valence-electron chi connectivity index (χ4n) is 11.2. The van der Waals surface area contributed by atoms with Gasteiger partial charge in [0.15, 0.2) is 0 Å². The van der Waals surface area contributed by atoms with E-state index in [0.29, 0.717) is 22.5 Å². The minimum atomic E-state index is 0.445. The van der Waals surface area contributed by atoms with Gasteiger partial charge in [0.25, 0.3) is 0 Å². The highest BCUT2D eigenvalue weighted by Gasteiger charge is 2.25. The number of hydrogen-bond donors (Lipinski definition) is 0. The number of hydrogen-bond acceptors (Lipinski definition) is 3. The van der Waals surface area contributed by atoms with E-state index in [1.165, 1.54) is 22.2 Å². The summed E-state index contributed by atoms with van der Waals surface area (Å²) in [6, 6.07) is 70.6. The van der Waals surface area contributed by atoms with E-state index >= 15 is 0 Å². The number of rotatable bonds is 5. The lowest BCUT2D eigenvalue weighted by Gasteiger charge is -2.16. The van der Waals surface area contributed by atoms with Gasteiger partial charge in [0.2, 0.25) is 0 Å². The SMILES string of the molecule is N#Cc1cc(-n2c3ccc(-n4c5c(c6ccccc64)C=CCC5)cc3c3c4oc5ccccc5c4ccc32)c(C#N)cc1-n1c2ccc(-c3ccccc3)cc2c2cc(-c3ccccc3)ccc21. The van der Waals surface area contributed by atoms with Gasteiger partial charge in [0.1, 0.15) is 23.3 Å². The molecule has 6 nitrogen and oxygen atoms in total. The van der Waals surface area contributed by atoms with Crippen LogP contribution in [0.3, 0.4) is 0 Å². The molecule has 1 aliphatic rings. The lowest BCUT2D eigenvalue weighted by Crippen LogP contribution is -2.04. The zero-order valence-corrected chi connectivity index (χ0v) is 36.6. The number of furan rings is 1. The van der Waals surface area contributed by atoms with Crippen LogP contribution < -0.4 is 0 Å². The summed E-state index contributed by atoms with van der Waals surface area (Å²) >= 11 is 0. The maximum atomic E-state index is 11.3. The van der Waals surface area contributed by atoms with Crippen LogP contribution in [-0.2, 0) is 6.42 Å². The van der Waals surface area contributed by atoms with Gasteiger partial charge in [-0.1, -0.05) is 121 Å². The van der Waals surface area contributed by atoms with Gasteiger partial charge in [-0.25, -0.2) is 0 Å². The van der Waals surface area contributed by atoms with E-state index in [1.807, 2.05) is 42.5 Å². The van der Waals surface area contributed by atoms with Crippen LogP contribution >= 0.6 is 0 Å². The minimum absolute atomic E-state index is 0.445. The molecule has 68 heavy (non-hydrogen) atoms. The minimum Gasteiger partial charge on any atom is -0.455 e. The number of nitrogens with zero attached hydrogens (tertiary/aromatic N) is 5. The summed E-state index contributed by atoms with van der Waals surface area (Å²) < 4.78 is 13.5. The van der Waals surface area contributed by atoms with Crippen molar-refractivity contribution in [3.63, 3.8) is 0 Å². The van der Waals surface area contributed by atoms with Crippen LogP contribution in [0.1, 0.15) is 28.8 Å².